The SMILES string of the molecule is COCCN1CCC(c2ccc(C(=O)NC3(C(=O)N4C[C@H](OC)[C@H]5OCC(=O)[C@H]54)CCCC3)cc2)CC1. The molecule has 1 aliphatic carbocycles. The maximum Gasteiger partial charge on any atom is 0.252 e. The van der Waals surface area contributed by atoms with E-state index < -0.39 is 17.7 Å². The lowest BCUT2D eigenvalue weighted by Gasteiger charge is -2.35. The number of piperidine rings is 1. The third-order valence-electron chi connectivity index (χ3n) is 8.76. The second kappa shape index (κ2) is 11.2. The van der Waals surface area contributed by atoms with Gasteiger partial charge in [-0.3, -0.25) is 14.4 Å². The molecule has 9 heteroatoms. The Morgan fingerprint density at radius 1 is 1.11 bits per heavy atom. The normalized spacial score (nSPS) is 28.0. The standard InChI is InChI=1S/C28H39N3O6/c1-35-16-15-30-13-9-20(10-14-30)19-5-7-21(8-6-19)26(33)29-28(11-3-4-12-28)27(34)31-17-23(36-2)25-24(31)22(32)18-37-25/h5-8,20,23-25H,3-4,9-18H2,1-2H3,(H,29,33)/t23-,24+,25+/m0/s1. The molecule has 1 aromatic rings. The van der Waals surface area contributed by atoms with Crippen LogP contribution in [0.1, 0.15) is 60.4 Å². The van der Waals surface area contributed by atoms with Gasteiger partial charge in [-0.1, -0.05) is 25.0 Å². The van der Waals surface area contributed by atoms with E-state index in [2.05, 4.69) is 22.3 Å². The van der Waals surface area contributed by atoms with Gasteiger partial charge >= 0.3 is 0 Å². The number of nitrogens with zero attached hydrogens (tertiary/aromatic N) is 2. The number of carbonyl (C=O) groups is 3. The van der Waals surface area contributed by atoms with E-state index in [0.717, 1.165) is 51.9 Å². The fourth-order valence-corrected chi connectivity index (χ4v) is 6.58. The van der Waals surface area contributed by atoms with Crippen LogP contribution in [0.15, 0.2) is 24.3 Å². The van der Waals surface area contributed by atoms with E-state index in [1.165, 1.54) is 5.56 Å². The summed E-state index contributed by atoms with van der Waals surface area (Å²) in [6.07, 6.45) is 4.26. The van der Waals surface area contributed by atoms with Crippen LogP contribution in [0.2, 0.25) is 0 Å². The molecule has 3 heterocycles. The van der Waals surface area contributed by atoms with Crippen molar-refractivity contribution in [3.8, 4) is 0 Å². The van der Waals surface area contributed by atoms with Gasteiger partial charge in [-0.25, -0.2) is 0 Å². The van der Waals surface area contributed by atoms with E-state index in [-0.39, 0.29) is 30.3 Å². The van der Waals surface area contributed by atoms with Gasteiger partial charge in [0.15, 0.2) is 5.78 Å². The predicted molar refractivity (Wildman–Crippen MR) is 136 cm³/mol. The van der Waals surface area contributed by atoms with Crippen LogP contribution in [0, 0.1) is 0 Å². The summed E-state index contributed by atoms with van der Waals surface area (Å²) in [6.45, 7) is 4.13. The molecule has 0 unspecified atom stereocenters. The van der Waals surface area contributed by atoms with Crippen molar-refractivity contribution in [1.29, 1.82) is 0 Å². The molecule has 0 spiro atoms. The highest BCUT2D eigenvalue weighted by Gasteiger charge is 2.56. The molecule has 2 amide bonds. The highest BCUT2D eigenvalue weighted by molar-refractivity contribution is 6.01. The zero-order chi connectivity index (χ0) is 26.0. The smallest absolute Gasteiger partial charge is 0.252 e. The molecule has 1 aromatic carbocycles. The van der Waals surface area contributed by atoms with Crippen molar-refractivity contribution in [2.45, 2.75) is 68.2 Å². The van der Waals surface area contributed by atoms with Gasteiger partial charge < -0.3 is 29.3 Å². The number of Topliss-reactive ketones (excluding diaryl/α,β-unsaturated/α-hetero) is 1. The lowest BCUT2D eigenvalue weighted by Crippen LogP contribution is -2.60. The fourth-order valence-electron chi connectivity index (χ4n) is 6.58. The largest absolute Gasteiger partial charge is 0.383 e. The van der Waals surface area contributed by atoms with E-state index in [9.17, 15) is 14.4 Å². The zero-order valence-corrected chi connectivity index (χ0v) is 21.9. The van der Waals surface area contributed by atoms with E-state index in [0.29, 0.717) is 30.9 Å². The van der Waals surface area contributed by atoms with Crippen molar-refractivity contribution >= 4 is 17.6 Å². The van der Waals surface area contributed by atoms with E-state index in [1.807, 2.05) is 12.1 Å². The van der Waals surface area contributed by atoms with Gasteiger partial charge in [0.2, 0.25) is 5.91 Å². The average Bonchev–Trinajstić information content (AvgIpc) is 3.65. The van der Waals surface area contributed by atoms with Crippen molar-refractivity contribution < 1.29 is 28.6 Å². The number of rotatable bonds is 8. The Balaban J connectivity index is 1.25. The molecule has 37 heavy (non-hydrogen) atoms. The number of benzene rings is 1. The molecule has 3 aliphatic heterocycles. The summed E-state index contributed by atoms with van der Waals surface area (Å²) in [6, 6.07) is 7.21. The molecule has 202 valence electrons. The summed E-state index contributed by atoms with van der Waals surface area (Å²) in [7, 11) is 3.31. The molecule has 9 nitrogen and oxygen atoms in total. The Hall–Kier alpha value is -2.33. The van der Waals surface area contributed by atoms with Crippen LogP contribution in [0.4, 0.5) is 0 Å². The highest BCUT2D eigenvalue weighted by Crippen LogP contribution is 2.37. The number of ketones is 1. The number of likely N-dealkylation sites (tertiary alicyclic amines) is 2. The van der Waals surface area contributed by atoms with Crippen LogP contribution in [-0.2, 0) is 23.8 Å². The third-order valence-corrected chi connectivity index (χ3v) is 8.76. The van der Waals surface area contributed by atoms with Crippen molar-refractivity contribution in [1.82, 2.24) is 15.1 Å². The van der Waals surface area contributed by atoms with Gasteiger partial charge in [0, 0.05) is 26.3 Å². The molecular weight excluding hydrogens is 474 g/mol. The van der Waals surface area contributed by atoms with Gasteiger partial charge in [0.05, 0.1) is 13.2 Å². The Bertz CT molecular complexity index is 984. The molecule has 0 bridgehead atoms. The molecule has 3 saturated heterocycles. The van der Waals surface area contributed by atoms with Crippen LogP contribution in [0.25, 0.3) is 0 Å². The zero-order valence-electron chi connectivity index (χ0n) is 21.9. The molecule has 1 saturated carbocycles. The summed E-state index contributed by atoms with van der Waals surface area (Å²) in [4.78, 5) is 43.8. The van der Waals surface area contributed by atoms with E-state index >= 15 is 0 Å². The lowest BCUT2D eigenvalue weighted by atomic mass is 9.88. The number of hydrogen-bond donors (Lipinski definition) is 1. The first-order valence-electron chi connectivity index (χ1n) is 13.6. The molecule has 5 rings (SSSR count). The summed E-state index contributed by atoms with van der Waals surface area (Å²) in [5.41, 5.74) is 0.804. The fraction of sp³-hybridized carbons (Fsp3) is 0.679. The van der Waals surface area contributed by atoms with Gasteiger partial charge in [-0.05, 0) is 62.4 Å². The minimum atomic E-state index is -0.999. The minimum Gasteiger partial charge on any atom is -0.383 e. The number of ether oxygens (including phenoxy) is 3. The van der Waals surface area contributed by atoms with Crippen LogP contribution >= 0.6 is 0 Å². The van der Waals surface area contributed by atoms with Gasteiger partial charge in [0.25, 0.3) is 5.91 Å². The van der Waals surface area contributed by atoms with Crippen LogP contribution < -0.4 is 5.32 Å². The quantitative estimate of drug-likeness (QED) is 0.566. The second-order valence-corrected chi connectivity index (χ2v) is 10.9. The molecule has 0 aromatic heterocycles. The van der Waals surface area contributed by atoms with Crippen molar-refractivity contribution in [2.24, 2.45) is 0 Å². The first kappa shape index (κ1) is 26.3. The monoisotopic (exact) mass is 513 g/mol. The molecule has 3 atom stereocenters. The van der Waals surface area contributed by atoms with Gasteiger partial charge in [-0.2, -0.15) is 0 Å². The Kier molecular flexibility index (Phi) is 7.95. The molecular formula is C28H39N3O6. The second-order valence-electron chi connectivity index (χ2n) is 10.9. The van der Waals surface area contributed by atoms with Crippen LogP contribution in [0.5, 0.6) is 0 Å². The minimum absolute atomic E-state index is 0.00311. The Labute approximate surface area is 218 Å². The van der Waals surface area contributed by atoms with Crippen molar-refractivity contribution in [3.05, 3.63) is 35.4 Å². The number of carbonyl (C=O) groups excluding carboxylic acids is 3. The van der Waals surface area contributed by atoms with Gasteiger partial charge in [-0.15, -0.1) is 0 Å². The summed E-state index contributed by atoms with van der Waals surface area (Å²) in [5, 5.41) is 3.10. The van der Waals surface area contributed by atoms with E-state index in [1.54, 1.807) is 19.1 Å². The van der Waals surface area contributed by atoms with Crippen LogP contribution in [0.3, 0.4) is 0 Å². The van der Waals surface area contributed by atoms with E-state index in [4.69, 9.17) is 14.2 Å². The molecule has 4 aliphatic rings. The molecule has 1 N–H and O–H groups in total. The Morgan fingerprint density at radius 3 is 2.46 bits per heavy atom. The number of amides is 2. The maximum atomic E-state index is 13.9. The predicted octanol–water partition coefficient (Wildman–Crippen LogP) is 1.75. The van der Waals surface area contributed by atoms with Crippen molar-refractivity contribution in [2.75, 3.05) is 53.6 Å². The number of nitrogens with one attached hydrogen (secondary N) is 1. The summed E-state index contributed by atoms with van der Waals surface area (Å²) in [5.74, 6) is -0.0491. The number of methoxy groups -OCH3 is 2. The van der Waals surface area contributed by atoms with Crippen molar-refractivity contribution in [3.63, 3.8) is 0 Å². The number of fused-ring (bicyclic) bond motifs is 1. The lowest BCUT2D eigenvalue weighted by molar-refractivity contribution is -0.142. The summed E-state index contributed by atoms with van der Waals surface area (Å²) < 4.78 is 16.4. The van der Waals surface area contributed by atoms with Gasteiger partial charge in [0.1, 0.15) is 30.4 Å². The third kappa shape index (κ3) is 5.19. The highest BCUT2D eigenvalue weighted by atomic mass is 16.5. The van der Waals surface area contributed by atoms with Crippen LogP contribution in [-0.4, -0.2) is 105 Å². The molecule has 4 fully saturated rings. The average molecular weight is 514 g/mol. The first-order chi connectivity index (χ1) is 18.0. The first-order valence-corrected chi connectivity index (χ1v) is 13.6. The Morgan fingerprint density at radius 2 is 1.81 bits per heavy atom. The maximum absolute atomic E-state index is 13.9. The number of hydrogen-bond acceptors (Lipinski definition) is 7. The molecule has 0 radical (unpaired) electrons. The summed E-state index contributed by atoms with van der Waals surface area (Å²) >= 11 is 0. The topological polar surface area (TPSA) is 97.4 Å².